The number of nitrogens with one attached hydrogen (secondary N) is 2. The van der Waals surface area contributed by atoms with Crippen molar-refractivity contribution in [2.75, 3.05) is 19.7 Å². The first-order valence-corrected chi connectivity index (χ1v) is 7.70. The molecular weight excluding hydrogens is 415 g/mol. The topological polar surface area (TPSA) is 45.7 Å². The van der Waals surface area contributed by atoms with Crippen molar-refractivity contribution in [2.45, 2.75) is 32.7 Å². The van der Waals surface area contributed by atoms with E-state index in [4.69, 9.17) is 4.74 Å². The molecule has 130 valence electrons. The molecule has 1 aliphatic rings. The SMILES string of the molecule is CCNC(=NCc1ccccc1OCC1CC1)NCC(F)F.I. The highest BCUT2D eigenvalue weighted by atomic mass is 127. The van der Waals surface area contributed by atoms with E-state index in [9.17, 15) is 8.78 Å². The molecule has 1 aromatic carbocycles. The lowest BCUT2D eigenvalue weighted by atomic mass is 10.2. The zero-order valence-electron chi connectivity index (χ0n) is 13.2. The summed E-state index contributed by atoms with van der Waals surface area (Å²) in [6.45, 7) is 3.23. The number of rotatable bonds is 8. The predicted molar refractivity (Wildman–Crippen MR) is 98.9 cm³/mol. The molecule has 4 nitrogen and oxygen atoms in total. The highest BCUT2D eigenvalue weighted by Gasteiger charge is 2.22. The first-order valence-electron chi connectivity index (χ1n) is 7.70. The third-order valence-corrected chi connectivity index (χ3v) is 3.32. The summed E-state index contributed by atoms with van der Waals surface area (Å²) in [5.74, 6) is 1.89. The molecule has 1 saturated carbocycles. The standard InChI is InChI=1S/C16H23F2N3O.HI/c1-2-19-16(21-10-15(17)18)20-9-13-5-3-4-6-14(13)22-11-12-7-8-12;/h3-6,12,15H,2,7-11H2,1H3,(H2,19,20,21);1H. The Hall–Kier alpha value is -1.12. The number of guanidine groups is 1. The van der Waals surface area contributed by atoms with Crippen molar-refractivity contribution in [3.63, 3.8) is 0 Å². The fourth-order valence-electron chi connectivity index (χ4n) is 1.95. The number of hydrogen-bond donors (Lipinski definition) is 2. The zero-order chi connectivity index (χ0) is 15.8. The first kappa shape index (κ1) is 19.9. The molecule has 1 aromatic rings. The van der Waals surface area contributed by atoms with Gasteiger partial charge in [0.2, 0.25) is 0 Å². The fraction of sp³-hybridized carbons (Fsp3) is 0.562. The number of ether oxygens (including phenoxy) is 1. The summed E-state index contributed by atoms with van der Waals surface area (Å²) in [7, 11) is 0. The van der Waals surface area contributed by atoms with Crippen molar-refractivity contribution >= 4 is 29.9 Å². The van der Waals surface area contributed by atoms with Crippen LogP contribution in [0.2, 0.25) is 0 Å². The van der Waals surface area contributed by atoms with E-state index in [-0.39, 0.29) is 24.0 Å². The van der Waals surface area contributed by atoms with Gasteiger partial charge in [0.25, 0.3) is 6.43 Å². The Morgan fingerprint density at radius 3 is 2.70 bits per heavy atom. The molecule has 7 heteroatoms. The lowest BCUT2D eigenvalue weighted by Crippen LogP contribution is -2.39. The number of aliphatic imine (C=N–C) groups is 1. The van der Waals surface area contributed by atoms with E-state index in [1.165, 1.54) is 12.8 Å². The van der Waals surface area contributed by atoms with Gasteiger partial charge in [-0.05, 0) is 31.7 Å². The minimum absolute atomic E-state index is 0. The van der Waals surface area contributed by atoms with Gasteiger partial charge in [-0.1, -0.05) is 18.2 Å². The van der Waals surface area contributed by atoms with Crippen LogP contribution < -0.4 is 15.4 Å². The second kappa shape index (κ2) is 10.6. The molecule has 0 aliphatic heterocycles. The molecule has 23 heavy (non-hydrogen) atoms. The molecule has 0 aromatic heterocycles. The molecule has 0 atom stereocenters. The number of para-hydroxylation sites is 1. The van der Waals surface area contributed by atoms with Gasteiger partial charge in [-0.15, -0.1) is 24.0 Å². The van der Waals surface area contributed by atoms with E-state index in [0.717, 1.165) is 17.9 Å². The maximum absolute atomic E-state index is 12.3. The van der Waals surface area contributed by atoms with Crippen molar-refractivity contribution in [1.29, 1.82) is 0 Å². The van der Waals surface area contributed by atoms with E-state index in [0.29, 0.717) is 25.0 Å². The maximum Gasteiger partial charge on any atom is 0.255 e. The third kappa shape index (κ3) is 7.81. The number of benzene rings is 1. The third-order valence-electron chi connectivity index (χ3n) is 3.32. The second-order valence-corrected chi connectivity index (χ2v) is 5.33. The minimum atomic E-state index is -2.40. The summed E-state index contributed by atoms with van der Waals surface area (Å²) < 4.78 is 30.4. The van der Waals surface area contributed by atoms with Gasteiger partial charge in [-0.3, -0.25) is 0 Å². The smallest absolute Gasteiger partial charge is 0.255 e. The second-order valence-electron chi connectivity index (χ2n) is 5.33. The van der Waals surface area contributed by atoms with Crippen LogP contribution in [0.4, 0.5) is 8.78 Å². The molecule has 0 amide bonds. The van der Waals surface area contributed by atoms with Crippen molar-refractivity contribution in [3.8, 4) is 5.75 Å². The van der Waals surface area contributed by atoms with Gasteiger partial charge < -0.3 is 15.4 Å². The molecule has 2 N–H and O–H groups in total. The van der Waals surface area contributed by atoms with Crippen LogP contribution in [0.25, 0.3) is 0 Å². The van der Waals surface area contributed by atoms with Crippen LogP contribution in [0.5, 0.6) is 5.75 Å². The van der Waals surface area contributed by atoms with Gasteiger partial charge in [0.05, 0.1) is 19.7 Å². The van der Waals surface area contributed by atoms with E-state index >= 15 is 0 Å². The van der Waals surface area contributed by atoms with Crippen molar-refractivity contribution in [2.24, 2.45) is 10.9 Å². The van der Waals surface area contributed by atoms with Gasteiger partial charge in [-0.2, -0.15) is 0 Å². The molecular formula is C16H24F2IN3O. The van der Waals surface area contributed by atoms with Crippen molar-refractivity contribution in [1.82, 2.24) is 10.6 Å². The summed E-state index contributed by atoms with van der Waals surface area (Å²) in [5, 5.41) is 5.57. The monoisotopic (exact) mass is 439 g/mol. The van der Waals surface area contributed by atoms with E-state index in [1.807, 2.05) is 31.2 Å². The van der Waals surface area contributed by atoms with Crippen molar-refractivity contribution < 1.29 is 13.5 Å². The summed E-state index contributed by atoms with van der Waals surface area (Å²) in [6.07, 6.45) is 0.0724. The minimum Gasteiger partial charge on any atom is -0.493 e. The first-order chi connectivity index (χ1) is 10.7. The van der Waals surface area contributed by atoms with Gasteiger partial charge >= 0.3 is 0 Å². The maximum atomic E-state index is 12.3. The van der Waals surface area contributed by atoms with Gasteiger partial charge in [0.15, 0.2) is 5.96 Å². The molecule has 2 rings (SSSR count). The number of alkyl halides is 2. The molecule has 0 spiro atoms. The Kier molecular flexibility index (Phi) is 9.20. The Morgan fingerprint density at radius 2 is 2.04 bits per heavy atom. The van der Waals surface area contributed by atoms with Crippen molar-refractivity contribution in [3.05, 3.63) is 29.8 Å². The summed E-state index contributed by atoms with van der Waals surface area (Å²) in [4.78, 5) is 4.34. The number of hydrogen-bond acceptors (Lipinski definition) is 2. The number of nitrogens with zero attached hydrogens (tertiary/aromatic N) is 1. The molecule has 0 heterocycles. The zero-order valence-corrected chi connectivity index (χ0v) is 15.6. The molecule has 0 bridgehead atoms. The van der Waals surface area contributed by atoms with Crippen LogP contribution in [0.1, 0.15) is 25.3 Å². The molecule has 0 unspecified atom stereocenters. The largest absolute Gasteiger partial charge is 0.493 e. The molecule has 0 saturated heterocycles. The Balaban J connectivity index is 0.00000264. The Bertz CT molecular complexity index is 496. The average molecular weight is 439 g/mol. The molecule has 1 fully saturated rings. The van der Waals surface area contributed by atoms with Crippen LogP contribution in [-0.2, 0) is 6.54 Å². The van der Waals surface area contributed by atoms with Gasteiger partial charge in [-0.25, -0.2) is 13.8 Å². The molecule has 0 radical (unpaired) electrons. The van der Waals surface area contributed by atoms with Gasteiger partial charge in [0.1, 0.15) is 5.75 Å². The number of halogens is 3. The summed E-state index contributed by atoms with van der Waals surface area (Å²) in [5.41, 5.74) is 0.956. The van der Waals surface area contributed by atoms with E-state index in [2.05, 4.69) is 15.6 Å². The quantitative estimate of drug-likeness (QED) is 0.371. The summed E-state index contributed by atoms with van der Waals surface area (Å²) in [6, 6.07) is 7.72. The average Bonchev–Trinajstić information content (AvgIpc) is 3.33. The normalized spacial score (nSPS) is 14.3. The van der Waals surface area contributed by atoms with Crippen LogP contribution in [0, 0.1) is 5.92 Å². The van der Waals surface area contributed by atoms with Crippen LogP contribution in [0.15, 0.2) is 29.3 Å². The highest BCUT2D eigenvalue weighted by Crippen LogP contribution is 2.30. The highest BCUT2D eigenvalue weighted by molar-refractivity contribution is 14.0. The lowest BCUT2D eigenvalue weighted by molar-refractivity contribution is 0.152. The van der Waals surface area contributed by atoms with Crippen LogP contribution >= 0.6 is 24.0 Å². The summed E-state index contributed by atoms with van der Waals surface area (Å²) >= 11 is 0. The fourth-order valence-corrected chi connectivity index (χ4v) is 1.95. The lowest BCUT2D eigenvalue weighted by Gasteiger charge is -2.12. The van der Waals surface area contributed by atoms with Crippen LogP contribution in [-0.4, -0.2) is 32.1 Å². The van der Waals surface area contributed by atoms with E-state index in [1.54, 1.807) is 0 Å². The van der Waals surface area contributed by atoms with Crippen LogP contribution in [0.3, 0.4) is 0 Å². The Labute approximate surface area is 153 Å². The molecule has 1 aliphatic carbocycles. The van der Waals surface area contributed by atoms with Gasteiger partial charge in [0, 0.05) is 12.1 Å². The van der Waals surface area contributed by atoms with E-state index < -0.39 is 13.0 Å². The predicted octanol–water partition coefficient (Wildman–Crippen LogP) is 3.41. The Morgan fingerprint density at radius 1 is 1.30 bits per heavy atom.